The normalized spacial score (nSPS) is 13.5. The average molecular weight is 528 g/mol. The summed E-state index contributed by atoms with van der Waals surface area (Å²) in [6.45, 7) is 4.74. The van der Waals surface area contributed by atoms with Crippen LogP contribution in [0.1, 0.15) is 13.3 Å². The fraction of sp³-hybridized carbons (Fsp3) is 0.385. The molecule has 9 nitrogen and oxygen atoms in total. The second kappa shape index (κ2) is 12.8. The molecule has 11 heteroatoms. The number of imidazole rings is 1. The van der Waals surface area contributed by atoms with Crippen LogP contribution in [0.5, 0.6) is 0 Å². The molecule has 0 spiro atoms. The Hall–Kier alpha value is -3.28. The zero-order valence-corrected chi connectivity index (χ0v) is 21.7. The second-order valence-electron chi connectivity index (χ2n) is 8.45. The van der Waals surface area contributed by atoms with Gasteiger partial charge in [0.1, 0.15) is 11.6 Å². The van der Waals surface area contributed by atoms with Crippen molar-refractivity contribution in [2.75, 3.05) is 51.1 Å². The van der Waals surface area contributed by atoms with Gasteiger partial charge in [0.05, 0.1) is 31.2 Å². The number of pyridine rings is 1. The molecule has 4 rings (SSSR count). The minimum absolute atomic E-state index is 0.0962. The van der Waals surface area contributed by atoms with Crippen molar-refractivity contribution in [3.63, 3.8) is 0 Å². The zero-order chi connectivity index (χ0) is 26.2. The van der Waals surface area contributed by atoms with Gasteiger partial charge in [-0.2, -0.15) is 0 Å². The summed E-state index contributed by atoms with van der Waals surface area (Å²) in [7, 11) is 1.63. The summed E-state index contributed by atoms with van der Waals surface area (Å²) in [6.07, 6.45) is 2.00. The van der Waals surface area contributed by atoms with Crippen LogP contribution in [0.3, 0.4) is 0 Å². The molecule has 0 bridgehead atoms. The zero-order valence-electron chi connectivity index (χ0n) is 20.9. The molecule has 1 N–H and O–H groups in total. The molecule has 2 aromatic heterocycles. The van der Waals surface area contributed by atoms with Crippen LogP contribution in [-0.2, 0) is 25.6 Å². The van der Waals surface area contributed by atoms with Gasteiger partial charge in [-0.25, -0.2) is 14.4 Å². The molecule has 1 saturated heterocycles. The standard InChI is InChI=1S/C26H30FN5O4S/c1-18(33)29-22-17-20(7-9-28-22)25-24(19-3-5-21(27)6-4-19)30-26(32(25)12-13-35-2)37-16-8-23(34)31-10-14-36-15-11-31/h3-7,9,17H,8,10-16H2,1-2H3,(H,28,29,33). The molecular weight excluding hydrogens is 497 g/mol. The number of carbonyl (C=O) groups is 2. The number of anilines is 1. The SMILES string of the molecule is COCCn1c(SCCC(=O)N2CCOCC2)nc(-c2ccc(F)cc2)c1-c1ccnc(NC(C)=O)c1. The van der Waals surface area contributed by atoms with Gasteiger partial charge in [-0.05, 0) is 36.4 Å². The topological polar surface area (TPSA) is 98.6 Å². The quantitative estimate of drug-likeness (QED) is 0.402. The van der Waals surface area contributed by atoms with E-state index in [4.69, 9.17) is 14.5 Å². The Morgan fingerprint density at radius 2 is 1.92 bits per heavy atom. The molecule has 1 aromatic carbocycles. The van der Waals surface area contributed by atoms with E-state index < -0.39 is 0 Å². The van der Waals surface area contributed by atoms with E-state index in [2.05, 4.69) is 10.3 Å². The fourth-order valence-electron chi connectivity index (χ4n) is 4.06. The minimum Gasteiger partial charge on any atom is -0.383 e. The largest absolute Gasteiger partial charge is 0.383 e. The fourth-order valence-corrected chi connectivity index (χ4v) is 5.01. The van der Waals surface area contributed by atoms with Gasteiger partial charge in [-0.15, -0.1) is 0 Å². The second-order valence-corrected chi connectivity index (χ2v) is 9.51. The molecule has 0 aliphatic carbocycles. The smallest absolute Gasteiger partial charge is 0.223 e. The first-order valence-electron chi connectivity index (χ1n) is 12.0. The number of rotatable bonds is 10. The van der Waals surface area contributed by atoms with E-state index in [1.165, 1.54) is 30.8 Å². The summed E-state index contributed by atoms with van der Waals surface area (Å²) in [5.41, 5.74) is 2.99. The summed E-state index contributed by atoms with van der Waals surface area (Å²) in [6, 6.07) is 9.80. The highest BCUT2D eigenvalue weighted by Crippen LogP contribution is 2.37. The first-order chi connectivity index (χ1) is 18.0. The lowest BCUT2D eigenvalue weighted by molar-refractivity contribution is -0.134. The van der Waals surface area contributed by atoms with E-state index in [0.717, 1.165) is 22.0 Å². The number of nitrogens with one attached hydrogen (secondary N) is 1. The van der Waals surface area contributed by atoms with Crippen molar-refractivity contribution >= 4 is 29.4 Å². The lowest BCUT2D eigenvalue weighted by atomic mass is 10.1. The number of ether oxygens (including phenoxy) is 2. The van der Waals surface area contributed by atoms with Crippen LogP contribution in [-0.4, -0.2) is 77.0 Å². The Bertz CT molecular complexity index is 1230. The number of aromatic nitrogens is 3. The first kappa shape index (κ1) is 26.8. The third kappa shape index (κ3) is 6.94. The van der Waals surface area contributed by atoms with E-state index in [-0.39, 0.29) is 17.6 Å². The molecular formula is C26H30FN5O4S. The monoisotopic (exact) mass is 527 g/mol. The Labute approximate surface area is 219 Å². The molecule has 3 aromatic rings. The summed E-state index contributed by atoms with van der Waals surface area (Å²) in [5.74, 6) is 0.504. The number of morpholine rings is 1. The van der Waals surface area contributed by atoms with E-state index in [9.17, 15) is 14.0 Å². The third-order valence-corrected chi connectivity index (χ3v) is 6.80. The maximum atomic E-state index is 13.7. The summed E-state index contributed by atoms with van der Waals surface area (Å²) in [5, 5.41) is 3.44. The van der Waals surface area contributed by atoms with Crippen LogP contribution in [0, 0.1) is 5.82 Å². The van der Waals surface area contributed by atoms with Crippen LogP contribution >= 0.6 is 11.8 Å². The molecule has 196 valence electrons. The highest BCUT2D eigenvalue weighted by Gasteiger charge is 2.22. The number of carbonyl (C=O) groups excluding carboxylic acids is 2. The van der Waals surface area contributed by atoms with Crippen LogP contribution in [0.25, 0.3) is 22.5 Å². The highest BCUT2D eigenvalue weighted by molar-refractivity contribution is 7.99. The maximum absolute atomic E-state index is 13.7. The van der Waals surface area contributed by atoms with E-state index >= 15 is 0 Å². The summed E-state index contributed by atoms with van der Waals surface area (Å²) in [4.78, 5) is 35.3. The van der Waals surface area contributed by atoms with Crippen molar-refractivity contribution in [1.29, 1.82) is 0 Å². The van der Waals surface area contributed by atoms with Crippen LogP contribution in [0.2, 0.25) is 0 Å². The number of hydrogen-bond donors (Lipinski definition) is 1. The average Bonchev–Trinajstić information content (AvgIpc) is 3.26. The minimum atomic E-state index is -0.336. The molecule has 0 unspecified atom stereocenters. The van der Waals surface area contributed by atoms with Crippen molar-refractivity contribution in [3.05, 3.63) is 48.4 Å². The van der Waals surface area contributed by atoms with Crippen LogP contribution < -0.4 is 5.32 Å². The number of nitrogens with zero attached hydrogens (tertiary/aromatic N) is 4. The molecule has 3 heterocycles. The molecule has 1 fully saturated rings. The Balaban J connectivity index is 1.69. The number of hydrogen-bond acceptors (Lipinski definition) is 7. The van der Waals surface area contributed by atoms with Gasteiger partial charge in [0.25, 0.3) is 0 Å². The maximum Gasteiger partial charge on any atom is 0.223 e. The van der Waals surface area contributed by atoms with Gasteiger partial charge in [0, 0.05) is 63.2 Å². The Morgan fingerprint density at radius 1 is 1.16 bits per heavy atom. The molecule has 0 atom stereocenters. The summed E-state index contributed by atoms with van der Waals surface area (Å²) >= 11 is 1.49. The molecule has 1 aliphatic rings. The van der Waals surface area contributed by atoms with Gasteiger partial charge in [-0.1, -0.05) is 11.8 Å². The van der Waals surface area contributed by atoms with Crippen LogP contribution in [0.15, 0.2) is 47.8 Å². The van der Waals surface area contributed by atoms with Crippen molar-refractivity contribution < 1.29 is 23.5 Å². The van der Waals surface area contributed by atoms with Crippen molar-refractivity contribution in [2.24, 2.45) is 0 Å². The first-order valence-corrected chi connectivity index (χ1v) is 13.0. The lowest BCUT2D eigenvalue weighted by Gasteiger charge is -2.26. The van der Waals surface area contributed by atoms with E-state index in [1.54, 1.807) is 31.5 Å². The number of methoxy groups -OCH3 is 1. The van der Waals surface area contributed by atoms with E-state index in [0.29, 0.717) is 63.1 Å². The number of benzene rings is 1. The number of halogens is 1. The predicted molar refractivity (Wildman–Crippen MR) is 140 cm³/mol. The predicted octanol–water partition coefficient (Wildman–Crippen LogP) is 3.70. The van der Waals surface area contributed by atoms with Gasteiger partial charge in [-0.3, -0.25) is 9.59 Å². The molecule has 0 saturated carbocycles. The van der Waals surface area contributed by atoms with Gasteiger partial charge >= 0.3 is 0 Å². The van der Waals surface area contributed by atoms with Crippen LogP contribution in [0.4, 0.5) is 10.2 Å². The Kier molecular flexibility index (Phi) is 9.26. The summed E-state index contributed by atoms with van der Waals surface area (Å²) < 4.78 is 26.5. The van der Waals surface area contributed by atoms with Crippen molar-refractivity contribution in [3.8, 4) is 22.5 Å². The van der Waals surface area contributed by atoms with Gasteiger partial charge < -0.3 is 24.3 Å². The van der Waals surface area contributed by atoms with Crippen molar-refractivity contribution in [2.45, 2.75) is 25.0 Å². The van der Waals surface area contributed by atoms with Gasteiger partial charge in [0.2, 0.25) is 11.8 Å². The molecule has 0 radical (unpaired) electrons. The van der Waals surface area contributed by atoms with E-state index in [1.807, 2.05) is 15.5 Å². The number of thioether (sulfide) groups is 1. The van der Waals surface area contributed by atoms with Gasteiger partial charge in [0.15, 0.2) is 5.16 Å². The molecule has 1 aliphatic heterocycles. The van der Waals surface area contributed by atoms with Crippen molar-refractivity contribution in [1.82, 2.24) is 19.4 Å². The molecule has 2 amide bonds. The third-order valence-electron chi connectivity index (χ3n) is 5.82. The lowest BCUT2D eigenvalue weighted by Crippen LogP contribution is -2.40. The highest BCUT2D eigenvalue weighted by atomic mass is 32.2. The Morgan fingerprint density at radius 3 is 2.62 bits per heavy atom. The molecule has 37 heavy (non-hydrogen) atoms. The number of amides is 2.